The van der Waals surface area contributed by atoms with Crippen molar-refractivity contribution in [3.05, 3.63) is 35.9 Å². The van der Waals surface area contributed by atoms with Gasteiger partial charge in [0.25, 0.3) is 0 Å². The maximum Gasteiger partial charge on any atom is 0.0543 e. The van der Waals surface area contributed by atoms with Crippen LogP contribution in [0.1, 0.15) is 109 Å². The molecule has 0 bridgehead atoms. The molecule has 0 aliphatic heterocycles. The quantitative estimate of drug-likeness (QED) is 0.425. The van der Waals surface area contributed by atoms with Gasteiger partial charge in [-0.1, -0.05) is 63.4 Å². The molecule has 6 atom stereocenters. The summed E-state index contributed by atoms with van der Waals surface area (Å²) in [5.74, 6) is 2.65. The monoisotopic (exact) mass is 453 g/mol. The largest absolute Gasteiger partial charge is 0.393 e. The van der Waals surface area contributed by atoms with Gasteiger partial charge in [0.05, 0.1) is 6.10 Å². The molecular formula is C31H51NO. The number of fused-ring (bicyclic) bond motifs is 2. The van der Waals surface area contributed by atoms with Crippen molar-refractivity contribution in [1.29, 1.82) is 0 Å². The summed E-state index contributed by atoms with van der Waals surface area (Å²) in [6.45, 7) is 7.53. The third kappa shape index (κ3) is 6.23. The lowest BCUT2D eigenvalue weighted by atomic mass is 9.60. The van der Waals surface area contributed by atoms with Crippen LogP contribution in [0.25, 0.3) is 0 Å². The van der Waals surface area contributed by atoms with Gasteiger partial charge in [0, 0.05) is 6.54 Å². The number of benzene rings is 1. The van der Waals surface area contributed by atoms with Crippen molar-refractivity contribution in [2.24, 2.45) is 28.6 Å². The van der Waals surface area contributed by atoms with Crippen LogP contribution in [0.5, 0.6) is 0 Å². The van der Waals surface area contributed by atoms with Gasteiger partial charge >= 0.3 is 0 Å². The second-order valence-corrected chi connectivity index (χ2v) is 12.8. The van der Waals surface area contributed by atoms with E-state index in [1.165, 1.54) is 89.2 Å². The van der Waals surface area contributed by atoms with Gasteiger partial charge in [-0.2, -0.15) is 0 Å². The smallest absolute Gasteiger partial charge is 0.0543 e. The maximum atomic E-state index is 10.3. The van der Waals surface area contributed by atoms with Crippen LogP contribution in [0.4, 0.5) is 0 Å². The Morgan fingerprint density at radius 2 is 1.67 bits per heavy atom. The first-order chi connectivity index (χ1) is 15.9. The SMILES string of the molecule is CN(CCCCC1CCC2CCCC3CC(O)CCC3(C)CCCC12C)Cc1ccccc1. The van der Waals surface area contributed by atoms with Crippen molar-refractivity contribution in [3.63, 3.8) is 0 Å². The standard InChI is InChI=1S/C31H51NO/c1-30-19-10-20-31(2)26(13-7-8-22-32(3)24-25-11-5-4-6-12-25)16-17-27(31)14-9-15-28(30)23-29(33)18-21-30/h4-6,11-12,26-29,33H,7-10,13-24H2,1-3H3. The molecule has 0 heterocycles. The Hall–Kier alpha value is -0.860. The molecule has 6 unspecified atom stereocenters. The summed E-state index contributed by atoms with van der Waals surface area (Å²) in [4.78, 5) is 2.50. The maximum absolute atomic E-state index is 10.3. The molecule has 2 heteroatoms. The van der Waals surface area contributed by atoms with Gasteiger partial charge in [-0.3, -0.25) is 0 Å². The van der Waals surface area contributed by atoms with Gasteiger partial charge in [-0.25, -0.2) is 0 Å². The number of aliphatic hydroxyl groups is 1. The number of rotatable bonds is 7. The van der Waals surface area contributed by atoms with E-state index in [1.54, 1.807) is 0 Å². The van der Waals surface area contributed by atoms with Crippen LogP contribution in [0.15, 0.2) is 30.3 Å². The zero-order valence-corrected chi connectivity index (χ0v) is 21.9. The molecule has 0 aromatic heterocycles. The number of nitrogens with zero attached hydrogens (tertiary/aromatic N) is 1. The Kier molecular flexibility index (Phi) is 8.61. The van der Waals surface area contributed by atoms with E-state index >= 15 is 0 Å². The summed E-state index contributed by atoms with van der Waals surface area (Å²) in [7, 11) is 2.28. The molecule has 33 heavy (non-hydrogen) atoms. The van der Waals surface area contributed by atoms with Crippen LogP contribution in [-0.2, 0) is 6.54 Å². The number of hydrogen-bond acceptors (Lipinski definition) is 2. The summed E-state index contributed by atoms with van der Waals surface area (Å²) in [5.41, 5.74) is 2.49. The van der Waals surface area contributed by atoms with Crippen molar-refractivity contribution >= 4 is 0 Å². The van der Waals surface area contributed by atoms with Crippen LogP contribution in [0, 0.1) is 28.6 Å². The van der Waals surface area contributed by atoms with Gasteiger partial charge < -0.3 is 10.0 Å². The van der Waals surface area contributed by atoms with E-state index in [-0.39, 0.29) is 6.10 Å². The second-order valence-electron chi connectivity index (χ2n) is 12.8. The van der Waals surface area contributed by atoms with Crippen molar-refractivity contribution in [2.45, 2.75) is 116 Å². The molecule has 3 aliphatic carbocycles. The molecule has 1 N–H and O–H groups in total. The molecule has 186 valence electrons. The molecule has 3 aliphatic rings. The fourth-order valence-electron chi connectivity index (χ4n) is 8.21. The molecular weight excluding hydrogens is 402 g/mol. The normalized spacial score (nSPS) is 37.5. The number of hydrogen-bond donors (Lipinski definition) is 1. The van der Waals surface area contributed by atoms with E-state index in [1.807, 2.05) is 0 Å². The Morgan fingerprint density at radius 3 is 2.48 bits per heavy atom. The highest BCUT2D eigenvalue weighted by Gasteiger charge is 2.47. The van der Waals surface area contributed by atoms with Crippen LogP contribution in [0.3, 0.4) is 0 Å². The third-order valence-electron chi connectivity index (χ3n) is 10.5. The van der Waals surface area contributed by atoms with E-state index < -0.39 is 0 Å². The van der Waals surface area contributed by atoms with E-state index in [0.717, 1.165) is 37.1 Å². The van der Waals surface area contributed by atoms with Crippen LogP contribution < -0.4 is 0 Å². The van der Waals surface area contributed by atoms with Crippen molar-refractivity contribution < 1.29 is 5.11 Å². The lowest BCUT2D eigenvalue weighted by Crippen LogP contribution is -2.38. The summed E-state index contributed by atoms with van der Waals surface area (Å²) in [6, 6.07) is 10.9. The molecule has 0 radical (unpaired) electrons. The summed E-state index contributed by atoms with van der Waals surface area (Å²) < 4.78 is 0. The highest BCUT2D eigenvalue weighted by Crippen LogP contribution is 2.57. The Morgan fingerprint density at radius 1 is 0.879 bits per heavy atom. The van der Waals surface area contributed by atoms with E-state index in [0.29, 0.717) is 10.8 Å². The van der Waals surface area contributed by atoms with Crippen LogP contribution in [-0.4, -0.2) is 29.7 Å². The second kappa shape index (κ2) is 11.3. The fraction of sp³-hybridized carbons (Fsp3) is 0.806. The van der Waals surface area contributed by atoms with Gasteiger partial charge in [0.1, 0.15) is 0 Å². The minimum Gasteiger partial charge on any atom is -0.393 e. The first-order valence-corrected chi connectivity index (χ1v) is 14.3. The lowest BCUT2D eigenvalue weighted by molar-refractivity contribution is -0.00305. The summed E-state index contributed by atoms with van der Waals surface area (Å²) >= 11 is 0. The van der Waals surface area contributed by atoms with Crippen molar-refractivity contribution in [3.8, 4) is 0 Å². The third-order valence-corrected chi connectivity index (χ3v) is 10.5. The van der Waals surface area contributed by atoms with Gasteiger partial charge in [0.2, 0.25) is 0 Å². The average Bonchev–Trinajstić information content (AvgIpc) is 3.10. The zero-order valence-electron chi connectivity index (χ0n) is 21.9. The van der Waals surface area contributed by atoms with E-state index in [2.05, 4.69) is 56.1 Å². The summed E-state index contributed by atoms with van der Waals surface area (Å²) in [5, 5.41) is 10.3. The Bertz CT molecular complexity index is 719. The van der Waals surface area contributed by atoms with E-state index in [4.69, 9.17) is 0 Å². The number of aliphatic hydroxyl groups excluding tert-OH is 1. The number of unbranched alkanes of at least 4 members (excludes halogenated alkanes) is 1. The molecule has 3 fully saturated rings. The minimum atomic E-state index is -0.0288. The lowest BCUT2D eigenvalue weighted by Gasteiger charge is -2.46. The predicted molar refractivity (Wildman–Crippen MR) is 140 cm³/mol. The topological polar surface area (TPSA) is 23.5 Å². The molecule has 3 saturated carbocycles. The summed E-state index contributed by atoms with van der Waals surface area (Å²) in [6.07, 6.45) is 18.9. The molecule has 0 saturated heterocycles. The van der Waals surface area contributed by atoms with Crippen LogP contribution >= 0.6 is 0 Å². The average molecular weight is 454 g/mol. The minimum absolute atomic E-state index is 0.0288. The molecule has 0 spiro atoms. The van der Waals surface area contributed by atoms with Crippen molar-refractivity contribution in [2.75, 3.05) is 13.6 Å². The molecule has 0 amide bonds. The van der Waals surface area contributed by atoms with Crippen LogP contribution in [0.2, 0.25) is 0 Å². The van der Waals surface area contributed by atoms with Gasteiger partial charge in [0.15, 0.2) is 0 Å². The molecule has 2 nitrogen and oxygen atoms in total. The van der Waals surface area contributed by atoms with Gasteiger partial charge in [-0.15, -0.1) is 0 Å². The first kappa shape index (κ1) is 25.2. The van der Waals surface area contributed by atoms with Gasteiger partial charge in [-0.05, 0) is 118 Å². The molecule has 1 aromatic carbocycles. The predicted octanol–water partition coefficient (Wildman–Crippen LogP) is 7.84. The molecule has 4 rings (SSSR count). The Balaban J connectivity index is 1.26. The zero-order chi connectivity index (χ0) is 23.3. The highest BCUT2D eigenvalue weighted by molar-refractivity contribution is 5.14. The molecule has 1 aromatic rings. The fourth-order valence-corrected chi connectivity index (χ4v) is 8.21. The van der Waals surface area contributed by atoms with Crippen molar-refractivity contribution in [1.82, 2.24) is 4.90 Å². The first-order valence-electron chi connectivity index (χ1n) is 14.3. The highest BCUT2D eigenvalue weighted by atomic mass is 16.3. The Labute approximate surface area is 204 Å². The van der Waals surface area contributed by atoms with E-state index in [9.17, 15) is 5.11 Å².